The van der Waals surface area contributed by atoms with Gasteiger partial charge in [-0.15, -0.1) is 0 Å². The summed E-state index contributed by atoms with van der Waals surface area (Å²) >= 11 is 6.02. The summed E-state index contributed by atoms with van der Waals surface area (Å²) in [6.07, 6.45) is 0. The maximum atomic E-state index is 12.3. The molecule has 0 fully saturated rings. The van der Waals surface area contributed by atoms with Crippen LogP contribution < -0.4 is 5.32 Å². The van der Waals surface area contributed by atoms with Crippen molar-refractivity contribution in [2.45, 2.75) is 33.2 Å². The molecule has 1 aromatic carbocycles. The maximum absolute atomic E-state index is 12.3. The lowest BCUT2D eigenvalue weighted by molar-refractivity contribution is -0.138. The molecular weight excluding hydrogens is 280 g/mol. The number of urea groups is 1. The summed E-state index contributed by atoms with van der Waals surface area (Å²) in [5.74, 6) is -1.06. The van der Waals surface area contributed by atoms with Gasteiger partial charge in [-0.1, -0.05) is 17.7 Å². The Kier molecular flexibility index (Phi) is 5.00. The molecule has 1 rings (SSSR count). The normalized spacial score (nSPS) is 11.1. The minimum absolute atomic E-state index is 0.376. The van der Waals surface area contributed by atoms with E-state index in [4.69, 9.17) is 16.7 Å². The van der Waals surface area contributed by atoms with Gasteiger partial charge in [0.05, 0.1) is 10.7 Å². The molecule has 5 nitrogen and oxygen atoms in total. The van der Waals surface area contributed by atoms with Gasteiger partial charge in [0.15, 0.2) is 0 Å². The molecule has 0 aliphatic heterocycles. The highest BCUT2D eigenvalue weighted by Crippen LogP contribution is 2.24. The van der Waals surface area contributed by atoms with Gasteiger partial charge in [-0.2, -0.15) is 0 Å². The monoisotopic (exact) mass is 298 g/mol. The molecule has 0 aliphatic carbocycles. The number of rotatable bonds is 3. The quantitative estimate of drug-likeness (QED) is 0.899. The van der Waals surface area contributed by atoms with Gasteiger partial charge in [0, 0.05) is 5.54 Å². The Morgan fingerprint density at radius 1 is 1.35 bits per heavy atom. The molecule has 0 bridgehead atoms. The van der Waals surface area contributed by atoms with E-state index in [1.165, 1.54) is 4.90 Å². The fourth-order valence-electron chi connectivity index (χ4n) is 1.67. The highest BCUT2D eigenvalue weighted by Gasteiger charge is 2.28. The first-order chi connectivity index (χ1) is 9.11. The zero-order valence-electron chi connectivity index (χ0n) is 12.0. The first-order valence-corrected chi connectivity index (χ1v) is 6.55. The first-order valence-electron chi connectivity index (χ1n) is 6.18. The molecule has 2 N–H and O–H groups in total. The van der Waals surface area contributed by atoms with Crippen molar-refractivity contribution >= 4 is 29.3 Å². The van der Waals surface area contributed by atoms with E-state index in [1.807, 2.05) is 13.0 Å². The molecule has 6 heteroatoms. The van der Waals surface area contributed by atoms with Crippen molar-refractivity contribution < 1.29 is 14.7 Å². The van der Waals surface area contributed by atoms with E-state index in [9.17, 15) is 9.59 Å². The predicted molar refractivity (Wildman–Crippen MR) is 79.3 cm³/mol. The number of hydrogen-bond acceptors (Lipinski definition) is 2. The molecular formula is C14H19ClN2O3. The van der Waals surface area contributed by atoms with Gasteiger partial charge in [0.2, 0.25) is 0 Å². The van der Waals surface area contributed by atoms with Crippen molar-refractivity contribution in [3.8, 4) is 0 Å². The minimum Gasteiger partial charge on any atom is -0.480 e. The zero-order chi connectivity index (χ0) is 15.5. The maximum Gasteiger partial charge on any atom is 0.323 e. The molecule has 0 saturated heterocycles. The van der Waals surface area contributed by atoms with E-state index < -0.39 is 17.5 Å². The molecule has 0 radical (unpaired) electrons. The summed E-state index contributed by atoms with van der Waals surface area (Å²) in [5, 5.41) is 12.0. The SMILES string of the molecule is Cc1ccc(Cl)c(NC(=O)N(CC(=O)O)C(C)(C)C)c1. The highest BCUT2D eigenvalue weighted by atomic mass is 35.5. The molecule has 0 aliphatic rings. The Labute approximate surface area is 123 Å². The van der Waals surface area contributed by atoms with Crippen molar-refractivity contribution in [3.63, 3.8) is 0 Å². The number of halogens is 1. The third-order valence-corrected chi connectivity index (χ3v) is 3.04. The molecule has 0 saturated carbocycles. The van der Waals surface area contributed by atoms with E-state index in [-0.39, 0.29) is 6.54 Å². The van der Waals surface area contributed by atoms with Crippen LogP contribution in [0.3, 0.4) is 0 Å². The number of benzene rings is 1. The van der Waals surface area contributed by atoms with Gasteiger partial charge >= 0.3 is 12.0 Å². The molecule has 0 atom stereocenters. The molecule has 1 aromatic rings. The lowest BCUT2D eigenvalue weighted by Gasteiger charge is -2.34. The lowest BCUT2D eigenvalue weighted by atomic mass is 10.1. The molecule has 0 unspecified atom stereocenters. The first kappa shape index (κ1) is 16.3. The van der Waals surface area contributed by atoms with Crippen LogP contribution in [0.25, 0.3) is 0 Å². The third-order valence-electron chi connectivity index (χ3n) is 2.71. The molecule has 110 valence electrons. The van der Waals surface area contributed by atoms with Crippen LogP contribution in [-0.4, -0.2) is 34.1 Å². The number of carbonyl (C=O) groups excluding carboxylic acids is 1. The number of nitrogens with one attached hydrogen (secondary N) is 1. The molecule has 0 aromatic heterocycles. The summed E-state index contributed by atoms with van der Waals surface area (Å²) in [7, 11) is 0. The highest BCUT2D eigenvalue weighted by molar-refractivity contribution is 6.33. The van der Waals surface area contributed by atoms with Gasteiger partial charge in [-0.05, 0) is 45.4 Å². The molecule has 2 amide bonds. The average molecular weight is 299 g/mol. The predicted octanol–water partition coefficient (Wildman–Crippen LogP) is 3.37. The van der Waals surface area contributed by atoms with E-state index >= 15 is 0 Å². The van der Waals surface area contributed by atoms with Gasteiger partial charge in [0.25, 0.3) is 0 Å². The second kappa shape index (κ2) is 6.13. The molecule has 20 heavy (non-hydrogen) atoms. The second-order valence-electron chi connectivity index (χ2n) is 5.56. The van der Waals surface area contributed by atoms with Gasteiger partial charge in [0.1, 0.15) is 6.54 Å². The number of carbonyl (C=O) groups is 2. The van der Waals surface area contributed by atoms with Crippen LogP contribution in [-0.2, 0) is 4.79 Å². The van der Waals surface area contributed by atoms with E-state index in [0.717, 1.165) is 5.56 Å². The van der Waals surface area contributed by atoms with E-state index in [1.54, 1.807) is 32.9 Å². The summed E-state index contributed by atoms with van der Waals surface area (Å²) < 4.78 is 0. The van der Waals surface area contributed by atoms with Crippen molar-refractivity contribution in [1.82, 2.24) is 4.90 Å². The third kappa shape index (κ3) is 4.42. The minimum atomic E-state index is -1.06. The van der Waals surface area contributed by atoms with Crippen LogP contribution >= 0.6 is 11.6 Å². The number of anilines is 1. The Morgan fingerprint density at radius 2 is 1.95 bits per heavy atom. The number of hydrogen-bond donors (Lipinski definition) is 2. The Morgan fingerprint density at radius 3 is 2.45 bits per heavy atom. The number of carboxylic acids is 1. The smallest absolute Gasteiger partial charge is 0.323 e. The largest absolute Gasteiger partial charge is 0.480 e. The van der Waals surface area contributed by atoms with Crippen LogP contribution in [0.5, 0.6) is 0 Å². The summed E-state index contributed by atoms with van der Waals surface area (Å²) in [6, 6.07) is 4.76. The Bertz CT molecular complexity index is 524. The average Bonchev–Trinajstić information content (AvgIpc) is 2.29. The van der Waals surface area contributed by atoms with Crippen molar-refractivity contribution in [1.29, 1.82) is 0 Å². The van der Waals surface area contributed by atoms with Crippen LogP contribution in [0.2, 0.25) is 5.02 Å². The van der Waals surface area contributed by atoms with Crippen LogP contribution in [0.4, 0.5) is 10.5 Å². The second-order valence-corrected chi connectivity index (χ2v) is 5.97. The van der Waals surface area contributed by atoms with E-state index in [0.29, 0.717) is 10.7 Å². The molecule has 0 heterocycles. The summed E-state index contributed by atoms with van der Waals surface area (Å²) in [5.41, 5.74) is 0.806. The van der Waals surface area contributed by atoms with Crippen molar-refractivity contribution in [3.05, 3.63) is 28.8 Å². The van der Waals surface area contributed by atoms with Crippen LogP contribution in [0.15, 0.2) is 18.2 Å². The van der Waals surface area contributed by atoms with E-state index in [2.05, 4.69) is 5.32 Å². The number of amides is 2. The van der Waals surface area contributed by atoms with Crippen molar-refractivity contribution in [2.75, 3.05) is 11.9 Å². The topological polar surface area (TPSA) is 69.6 Å². The fraction of sp³-hybridized carbons (Fsp3) is 0.429. The number of aryl methyl sites for hydroxylation is 1. The Hall–Kier alpha value is -1.75. The van der Waals surface area contributed by atoms with Gasteiger partial charge < -0.3 is 15.3 Å². The fourth-order valence-corrected chi connectivity index (χ4v) is 1.83. The number of nitrogens with zero attached hydrogens (tertiary/aromatic N) is 1. The summed E-state index contributed by atoms with van der Waals surface area (Å²) in [4.78, 5) is 24.4. The Balaban J connectivity index is 2.96. The number of aliphatic carboxylic acids is 1. The number of carboxylic acid groups (broad SMARTS) is 1. The van der Waals surface area contributed by atoms with Crippen LogP contribution in [0, 0.1) is 6.92 Å². The standard InChI is InChI=1S/C14H19ClN2O3/c1-9-5-6-10(15)11(7-9)16-13(20)17(8-12(18)19)14(2,3)4/h5-7H,8H2,1-4H3,(H,16,20)(H,18,19). The van der Waals surface area contributed by atoms with Gasteiger partial charge in [-0.25, -0.2) is 4.79 Å². The van der Waals surface area contributed by atoms with Crippen LogP contribution in [0.1, 0.15) is 26.3 Å². The zero-order valence-corrected chi connectivity index (χ0v) is 12.8. The van der Waals surface area contributed by atoms with Gasteiger partial charge in [-0.3, -0.25) is 4.79 Å². The summed E-state index contributed by atoms with van der Waals surface area (Å²) in [6.45, 7) is 6.82. The van der Waals surface area contributed by atoms with Crippen molar-refractivity contribution in [2.24, 2.45) is 0 Å². The molecule has 0 spiro atoms. The lowest BCUT2D eigenvalue weighted by Crippen LogP contribution is -2.50.